The summed E-state index contributed by atoms with van der Waals surface area (Å²) in [6.07, 6.45) is 1.47. The zero-order valence-corrected chi connectivity index (χ0v) is 14.3. The molecule has 1 N–H and O–H groups in total. The van der Waals surface area contributed by atoms with Crippen LogP contribution in [0.1, 0.15) is 11.1 Å². The van der Waals surface area contributed by atoms with Crippen molar-refractivity contribution in [2.75, 3.05) is 4.90 Å². The van der Waals surface area contributed by atoms with Gasteiger partial charge in [0.2, 0.25) is 0 Å². The van der Waals surface area contributed by atoms with Crippen molar-refractivity contribution in [1.29, 1.82) is 0 Å². The second-order valence-corrected chi connectivity index (χ2v) is 6.27. The van der Waals surface area contributed by atoms with Crippen LogP contribution in [-0.2, 0) is 9.59 Å². The lowest BCUT2D eigenvalue weighted by molar-refractivity contribution is -0.122. The molecule has 0 radical (unpaired) electrons. The molecule has 5 nitrogen and oxygen atoms in total. The SMILES string of the molecule is Cc1cccc(N2C(=O)NC(=O)/C(=C\c3cccc(Br)c3)C2=O)c1. The van der Waals surface area contributed by atoms with Crippen LogP contribution in [0, 0.1) is 6.92 Å². The molecule has 0 bridgehead atoms. The van der Waals surface area contributed by atoms with Crippen LogP contribution < -0.4 is 10.2 Å². The lowest BCUT2D eigenvalue weighted by atomic mass is 10.1. The van der Waals surface area contributed by atoms with Gasteiger partial charge in [0.25, 0.3) is 11.8 Å². The summed E-state index contributed by atoms with van der Waals surface area (Å²) in [7, 11) is 0. The van der Waals surface area contributed by atoms with Gasteiger partial charge in [-0.15, -0.1) is 0 Å². The predicted molar refractivity (Wildman–Crippen MR) is 94.3 cm³/mol. The number of halogens is 1. The monoisotopic (exact) mass is 384 g/mol. The lowest BCUT2D eigenvalue weighted by Crippen LogP contribution is -2.54. The molecule has 0 aromatic heterocycles. The van der Waals surface area contributed by atoms with Gasteiger partial charge in [0.15, 0.2) is 0 Å². The van der Waals surface area contributed by atoms with Crippen LogP contribution in [0.5, 0.6) is 0 Å². The average Bonchev–Trinajstić information content (AvgIpc) is 2.51. The van der Waals surface area contributed by atoms with Gasteiger partial charge in [0.1, 0.15) is 5.57 Å². The Morgan fingerprint density at radius 3 is 2.50 bits per heavy atom. The highest BCUT2D eigenvalue weighted by molar-refractivity contribution is 9.10. The molecule has 0 atom stereocenters. The topological polar surface area (TPSA) is 66.5 Å². The molecule has 0 aliphatic carbocycles. The molecule has 0 spiro atoms. The minimum atomic E-state index is -0.748. The summed E-state index contributed by atoms with van der Waals surface area (Å²) in [6, 6.07) is 13.4. The van der Waals surface area contributed by atoms with Gasteiger partial charge in [0.05, 0.1) is 5.69 Å². The van der Waals surface area contributed by atoms with E-state index in [-0.39, 0.29) is 5.57 Å². The summed E-state index contributed by atoms with van der Waals surface area (Å²) in [5.41, 5.74) is 1.92. The molecule has 120 valence electrons. The number of imide groups is 2. The number of nitrogens with zero attached hydrogens (tertiary/aromatic N) is 1. The Balaban J connectivity index is 2.03. The number of amides is 4. The number of carbonyl (C=O) groups excluding carboxylic acids is 3. The van der Waals surface area contributed by atoms with Crippen molar-refractivity contribution in [2.45, 2.75) is 6.92 Å². The number of anilines is 1. The van der Waals surface area contributed by atoms with Gasteiger partial charge < -0.3 is 0 Å². The molecule has 1 aliphatic rings. The number of aryl methyl sites for hydroxylation is 1. The van der Waals surface area contributed by atoms with Gasteiger partial charge in [-0.3, -0.25) is 14.9 Å². The molecular formula is C18H13BrN2O3. The van der Waals surface area contributed by atoms with E-state index in [0.29, 0.717) is 11.3 Å². The Morgan fingerprint density at radius 1 is 1.04 bits per heavy atom. The Kier molecular flexibility index (Phi) is 4.31. The molecule has 1 aliphatic heterocycles. The van der Waals surface area contributed by atoms with Gasteiger partial charge in [-0.25, -0.2) is 9.69 Å². The number of urea groups is 1. The Bertz CT molecular complexity index is 889. The highest BCUT2D eigenvalue weighted by atomic mass is 79.9. The smallest absolute Gasteiger partial charge is 0.273 e. The normalized spacial score (nSPS) is 16.5. The van der Waals surface area contributed by atoms with E-state index < -0.39 is 17.8 Å². The fourth-order valence-corrected chi connectivity index (χ4v) is 2.84. The summed E-state index contributed by atoms with van der Waals surface area (Å²) in [5, 5.41) is 2.21. The van der Waals surface area contributed by atoms with Crippen molar-refractivity contribution in [3.05, 3.63) is 69.7 Å². The third kappa shape index (κ3) is 3.14. The number of rotatable bonds is 2. The Morgan fingerprint density at radius 2 is 1.79 bits per heavy atom. The number of benzene rings is 2. The molecule has 24 heavy (non-hydrogen) atoms. The van der Waals surface area contributed by atoms with E-state index in [1.165, 1.54) is 6.08 Å². The number of hydrogen-bond donors (Lipinski definition) is 1. The maximum atomic E-state index is 12.7. The molecule has 3 rings (SSSR count). The van der Waals surface area contributed by atoms with E-state index in [0.717, 1.165) is 14.9 Å². The number of carbonyl (C=O) groups is 3. The van der Waals surface area contributed by atoms with Crippen LogP contribution in [0.4, 0.5) is 10.5 Å². The first-order valence-corrected chi connectivity index (χ1v) is 7.99. The van der Waals surface area contributed by atoms with Crippen molar-refractivity contribution in [3.8, 4) is 0 Å². The third-order valence-corrected chi connectivity index (χ3v) is 4.01. The van der Waals surface area contributed by atoms with Gasteiger partial charge in [-0.2, -0.15) is 0 Å². The van der Waals surface area contributed by atoms with E-state index in [9.17, 15) is 14.4 Å². The van der Waals surface area contributed by atoms with Crippen LogP contribution >= 0.6 is 15.9 Å². The van der Waals surface area contributed by atoms with E-state index in [1.54, 1.807) is 36.4 Å². The first kappa shape index (κ1) is 16.1. The highest BCUT2D eigenvalue weighted by Gasteiger charge is 2.36. The minimum absolute atomic E-state index is 0.0887. The van der Waals surface area contributed by atoms with Gasteiger partial charge in [0, 0.05) is 4.47 Å². The predicted octanol–water partition coefficient (Wildman–Crippen LogP) is 3.42. The van der Waals surface area contributed by atoms with Gasteiger partial charge in [-0.05, 0) is 48.4 Å². The van der Waals surface area contributed by atoms with E-state index in [2.05, 4.69) is 21.2 Å². The quantitative estimate of drug-likeness (QED) is 0.637. The number of barbiturate groups is 1. The molecule has 6 heteroatoms. The number of nitrogens with one attached hydrogen (secondary N) is 1. The summed E-state index contributed by atoms with van der Waals surface area (Å²) >= 11 is 3.34. The maximum Gasteiger partial charge on any atom is 0.335 e. The van der Waals surface area contributed by atoms with Crippen molar-refractivity contribution >= 4 is 45.5 Å². The largest absolute Gasteiger partial charge is 0.335 e. The zero-order chi connectivity index (χ0) is 17.3. The molecular weight excluding hydrogens is 372 g/mol. The lowest BCUT2D eigenvalue weighted by Gasteiger charge is -2.26. The molecule has 4 amide bonds. The maximum absolute atomic E-state index is 12.7. The molecule has 0 unspecified atom stereocenters. The molecule has 2 aromatic rings. The fourth-order valence-electron chi connectivity index (χ4n) is 2.42. The second-order valence-electron chi connectivity index (χ2n) is 5.35. The highest BCUT2D eigenvalue weighted by Crippen LogP contribution is 2.23. The third-order valence-electron chi connectivity index (χ3n) is 3.52. The van der Waals surface area contributed by atoms with Crippen molar-refractivity contribution in [3.63, 3.8) is 0 Å². The summed E-state index contributed by atoms with van der Waals surface area (Å²) < 4.78 is 0.826. The molecule has 1 saturated heterocycles. The Labute approximate surface area is 147 Å². The van der Waals surface area contributed by atoms with E-state index >= 15 is 0 Å². The van der Waals surface area contributed by atoms with Crippen LogP contribution in [0.25, 0.3) is 6.08 Å². The van der Waals surface area contributed by atoms with Crippen molar-refractivity contribution in [1.82, 2.24) is 5.32 Å². The van der Waals surface area contributed by atoms with Crippen LogP contribution in [0.3, 0.4) is 0 Å². The summed E-state index contributed by atoms with van der Waals surface area (Å²) in [6.45, 7) is 1.86. The number of hydrogen-bond acceptors (Lipinski definition) is 3. The first-order chi connectivity index (χ1) is 11.5. The average molecular weight is 385 g/mol. The first-order valence-electron chi connectivity index (χ1n) is 7.19. The van der Waals surface area contributed by atoms with Crippen LogP contribution in [0.2, 0.25) is 0 Å². The Hall–Kier alpha value is -2.73. The molecule has 1 heterocycles. The summed E-state index contributed by atoms with van der Waals surface area (Å²) in [4.78, 5) is 37.9. The summed E-state index contributed by atoms with van der Waals surface area (Å²) in [5.74, 6) is -1.34. The standard InChI is InChI=1S/C18H13BrN2O3/c1-11-4-2-7-14(8-11)21-17(23)15(16(22)20-18(21)24)10-12-5-3-6-13(19)9-12/h2-10H,1H3,(H,20,22,24)/b15-10+. The van der Waals surface area contributed by atoms with Gasteiger partial charge >= 0.3 is 6.03 Å². The van der Waals surface area contributed by atoms with Crippen LogP contribution in [0.15, 0.2) is 58.6 Å². The van der Waals surface area contributed by atoms with Crippen molar-refractivity contribution < 1.29 is 14.4 Å². The van der Waals surface area contributed by atoms with Crippen LogP contribution in [-0.4, -0.2) is 17.8 Å². The molecule has 1 fully saturated rings. The second kappa shape index (κ2) is 6.41. The minimum Gasteiger partial charge on any atom is -0.273 e. The zero-order valence-electron chi connectivity index (χ0n) is 12.7. The fraction of sp³-hybridized carbons (Fsp3) is 0.0556. The van der Waals surface area contributed by atoms with E-state index in [1.807, 2.05) is 19.1 Å². The van der Waals surface area contributed by atoms with Gasteiger partial charge in [-0.1, -0.05) is 40.2 Å². The van der Waals surface area contributed by atoms with E-state index in [4.69, 9.17) is 0 Å². The van der Waals surface area contributed by atoms with Crippen molar-refractivity contribution in [2.24, 2.45) is 0 Å². The molecule has 2 aromatic carbocycles. The molecule has 0 saturated carbocycles.